The van der Waals surface area contributed by atoms with E-state index in [9.17, 15) is 9.90 Å². The Labute approximate surface area is 204 Å². The van der Waals surface area contributed by atoms with Crippen molar-refractivity contribution in [1.82, 2.24) is 4.90 Å². The molecule has 0 aromatic heterocycles. The van der Waals surface area contributed by atoms with Crippen LogP contribution < -0.4 is 4.74 Å². The molecular weight excluding hydrogens is 454 g/mol. The van der Waals surface area contributed by atoms with Gasteiger partial charge in [-0.25, -0.2) is 0 Å². The molecule has 0 unspecified atom stereocenters. The summed E-state index contributed by atoms with van der Waals surface area (Å²) in [4.78, 5) is 15.0. The number of hydrogen-bond donors (Lipinski definition) is 1. The van der Waals surface area contributed by atoms with Gasteiger partial charge in [0.25, 0.3) is 0 Å². The van der Waals surface area contributed by atoms with Crippen molar-refractivity contribution < 1.29 is 14.6 Å². The highest BCUT2D eigenvalue weighted by Gasteiger charge is 2.21. The van der Waals surface area contributed by atoms with E-state index in [4.69, 9.17) is 16.3 Å². The topological polar surface area (TPSA) is 49.8 Å². The van der Waals surface area contributed by atoms with E-state index >= 15 is 0 Å². The highest BCUT2D eigenvalue weighted by Crippen LogP contribution is 2.31. The number of ether oxygens (including phenoxy) is 1. The molecule has 1 aliphatic heterocycles. The largest absolute Gasteiger partial charge is 0.489 e. The first-order valence-corrected chi connectivity index (χ1v) is 12.5. The molecule has 0 spiro atoms. The van der Waals surface area contributed by atoms with Crippen LogP contribution in [0.25, 0.3) is 0 Å². The summed E-state index contributed by atoms with van der Waals surface area (Å²) < 4.78 is 6.14. The third-order valence-corrected chi connectivity index (χ3v) is 7.36. The van der Waals surface area contributed by atoms with E-state index in [-0.39, 0.29) is 6.42 Å². The van der Waals surface area contributed by atoms with Gasteiger partial charge in [0.05, 0.1) is 6.42 Å². The quantitative estimate of drug-likeness (QED) is 0.388. The van der Waals surface area contributed by atoms with Crippen LogP contribution in [-0.4, -0.2) is 34.3 Å². The number of carbonyl (C=O) groups is 1. The smallest absolute Gasteiger partial charge is 0.307 e. The van der Waals surface area contributed by atoms with Gasteiger partial charge < -0.3 is 9.84 Å². The minimum atomic E-state index is -0.825. The van der Waals surface area contributed by atoms with E-state index in [1.165, 1.54) is 4.90 Å². The SMILES string of the molecule is O=C(O)Cc1ccc(OCc2ccc(Cl)cc2)c(CN2CCC(Sc3ccccc3)CC2)c1. The first kappa shape index (κ1) is 23.7. The lowest BCUT2D eigenvalue weighted by atomic mass is 10.0. The van der Waals surface area contributed by atoms with Crippen LogP contribution in [0.4, 0.5) is 0 Å². The summed E-state index contributed by atoms with van der Waals surface area (Å²) in [6.07, 6.45) is 2.28. The Kier molecular flexibility index (Phi) is 8.32. The molecule has 0 aliphatic carbocycles. The zero-order valence-electron chi connectivity index (χ0n) is 18.5. The van der Waals surface area contributed by atoms with Crippen LogP contribution >= 0.6 is 23.4 Å². The number of halogens is 1. The van der Waals surface area contributed by atoms with E-state index in [1.807, 2.05) is 54.2 Å². The molecule has 4 rings (SSSR count). The lowest BCUT2D eigenvalue weighted by Crippen LogP contribution is -2.34. The third kappa shape index (κ3) is 7.26. The Morgan fingerprint density at radius 3 is 2.39 bits per heavy atom. The van der Waals surface area contributed by atoms with Gasteiger partial charge in [0.15, 0.2) is 0 Å². The number of hydrogen-bond acceptors (Lipinski definition) is 4. The van der Waals surface area contributed by atoms with Crippen molar-refractivity contribution in [2.75, 3.05) is 13.1 Å². The van der Waals surface area contributed by atoms with E-state index in [0.29, 0.717) is 16.9 Å². The minimum absolute atomic E-state index is 0.0141. The molecular formula is C27H28ClNO3S. The lowest BCUT2D eigenvalue weighted by molar-refractivity contribution is -0.136. The number of aliphatic carboxylic acids is 1. The summed E-state index contributed by atoms with van der Waals surface area (Å²) in [6.45, 7) is 3.24. The van der Waals surface area contributed by atoms with Crippen LogP contribution in [0, 0.1) is 0 Å². The molecule has 1 saturated heterocycles. The maximum absolute atomic E-state index is 11.2. The molecule has 0 atom stereocenters. The van der Waals surface area contributed by atoms with E-state index < -0.39 is 5.97 Å². The molecule has 172 valence electrons. The molecule has 33 heavy (non-hydrogen) atoms. The van der Waals surface area contributed by atoms with Gasteiger partial charge in [-0.3, -0.25) is 9.69 Å². The molecule has 1 N–H and O–H groups in total. The van der Waals surface area contributed by atoms with Gasteiger partial charge in [-0.2, -0.15) is 0 Å². The molecule has 0 bridgehead atoms. The lowest BCUT2D eigenvalue weighted by Gasteiger charge is -2.32. The number of carboxylic acid groups (broad SMARTS) is 1. The number of piperidine rings is 1. The molecule has 1 heterocycles. The first-order valence-electron chi connectivity index (χ1n) is 11.2. The van der Waals surface area contributed by atoms with Crippen molar-refractivity contribution in [3.05, 3.63) is 94.5 Å². The Morgan fingerprint density at radius 2 is 1.70 bits per heavy atom. The van der Waals surface area contributed by atoms with E-state index in [2.05, 4.69) is 35.2 Å². The maximum Gasteiger partial charge on any atom is 0.307 e. The summed E-state index contributed by atoms with van der Waals surface area (Å²) in [6, 6.07) is 23.9. The standard InChI is InChI=1S/C27H28ClNO3S/c28-23-9-6-20(7-10-23)19-32-26-11-8-21(17-27(30)31)16-22(26)18-29-14-12-25(13-15-29)33-24-4-2-1-3-5-24/h1-11,16,25H,12-15,17-19H2,(H,30,31). The van der Waals surface area contributed by atoms with E-state index in [1.54, 1.807) is 0 Å². The Morgan fingerprint density at radius 1 is 1.00 bits per heavy atom. The molecule has 0 radical (unpaired) electrons. The minimum Gasteiger partial charge on any atom is -0.489 e. The van der Waals surface area contributed by atoms with Crippen molar-refractivity contribution in [2.24, 2.45) is 0 Å². The fourth-order valence-electron chi connectivity index (χ4n) is 4.04. The number of rotatable bonds is 9. The number of benzene rings is 3. The molecule has 3 aromatic carbocycles. The van der Waals surface area contributed by atoms with Crippen LogP contribution in [-0.2, 0) is 24.4 Å². The summed E-state index contributed by atoms with van der Waals surface area (Å²) >= 11 is 7.95. The molecule has 1 fully saturated rings. The second-order valence-corrected chi connectivity index (χ2v) is 10.1. The Bertz CT molecular complexity index is 1050. The fourth-order valence-corrected chi connectivity index (χ4v) is 5.31. The van der Waals surface area contributed by atoms with Gasteiger partial charge in [-0.1, -0.05) is 54.1 Å². The monoisotopic (exact) mass is 481 g/mol. The van der Waals surface area contributed by atoms with Crippen molar-refractivity contribution in [1.29, 1.82) is 0 Å². The molecule has 3 aromatic rings. The zero-order valence-corrected chi connectivity index (χ0v) is 20.0. The van der Waals surface area contributed by atoms with Gasteiger partial charge in [-0.05, 0) is 67.4 Å². The van der Waals surface area contributed by atoms with Crippen molar-refractivity contribution >= 4 is 29.3 Å². The first-order chi connectivity index (χ1) is 16.0. The third-order valence-electron chi connectivity index (χ3n) is 5.76. The van der Waals surface area contributed by atoms with Crippen LogP contribution in [0.15, 0.2) is 77.7 Å². The predicted octanol–water partition coefficient (Wildman–Crippen LogP) is 6.30. The Balaban J connectivity index is 1.40. The average Bonchev–Trinajstić information content (AvgIpc) is 2.81. The summed E-state index contributed by atoms with van der Waals surface area (Å²) in [5.74, 6) is -0.0191. The zero-order chi connectivity index (χ0) is 23.0. The Hall–Kier alpha value is -2.47. The molecule has 6 heteroatoms. The number of thioether (sulfide) groups is 1. The van der Waals surface area contributed by atoms with Gasteiger partial charge in [-0.15, -0.1) is 11.8 Å². The van der Waals surface area contributed by atoms with Crippen LogP contribution in [0.2, 0.25) is 5.02 Å². The van der Waals surface area contributed by atoms with Crippen molar-refractivity contribution in [3.63, 3.8) is 0 Å². The van der Waals surface area contributed by atoms with Crippen molar-refractivity contribution in [3.8, 4) is 5.75 Å². The maximum atomic E-state index is 11.2. The summed E-state index contributed by atoms with van der Waals surface area (Å²) in [7, 11) is 0. The summed E-state index contributed by atoms with van der Waals surface area (Å²) in [5, 5.41) is 10.5. The van der Waals surface area contributed by atoms with Crippen LogP contribution in [0.5, 0.6) is 5.75 Å². The molecule has 0 amide bonds. The highest BCUT2D eigenvalue weighted by molar-refractivity contribution is 8.00. The summed E-state index contributed by atoms with van der Waals surface area (Å²) in [5.41, 5.74) is 2.88. The predicted molar refractivity (Wildman–Crippen MR) is 134 cm³/mol. The molecule has 4 nitrogen and oxygen atoms in total. The average molecular weight is 482 g/mol. The number of nitrogens with zero attached hydrogens (tertiary/aromatic N) is 1. The van der Waals surface area contributed by atoms with Crippen LogP contribution in [0.3, 0.4) is 0 Å². The molecule has 1 aliphatic rings. The number of likely N-dealkylation sites (tertiary alicyclic amines) is 1. The second-order valence-electron chi connectivity index (χ2n) is 8.33. The fraction of sp³-hybridized carbons (Fsp3) is 0.296. The van der Waals surface area contributed by atoms with Gasteiger partial charge in [0.2, 0.25) is 0 Å². The van der Waals surface area contributed by atoms with E-state index in [0.717, 1.165) is 54.9 Å². The molecule has 0 saturated carbocycles. The normalized spacial score (nSPS) is 14.8. The van der Waals surface area contributed by atoms with Crippen LogP contribution in [0.1, 0.15) is 29.5 Å². The van der Waals surface area contributed by atoms with Gasteiger partial charge in [0, 0.05) is 27.3 Å². The second kappa shape index (κ2) is 11.6. The van der Waals surface area contributed by atoms with Crippen molar-refractivity contribution in [2.45, 2.75) is 42.6 Å². The van der Waals surface area contributed by atoms with Gasteiger partial charge >= 0.3 is 5.97 Å². The number of carboxylic acids is 1. The highest BCUT2D eigenvalue weighted by atomic mass is 35.5. The van der Waals surface area contributed by atoms with Gasteiger partial charge in [0.1, 0.15) is 12.4 Å².